The van der Waals surface area contributed by atoms with Gasteiger partial charge in [-0.05, 0) is 708 Å². The second kappa shape index (κ2) is 13.4. The first-order valence-corrected chi connectivity index (χ1v) is 58.5. The molecule has 0 N–H and O–H groups in total. The van der Waals surface area contributed by atoms with Crippen molar-refractivity contribution >= 4 is 539 Å². The first-order chi connectivity index (χ1) is 74.7. The fraction of sp³-hybridized carbons (Fsp3) is 0.160. The molecule has 52 aromatic carbocycles. The lowest BCUT2D eigenvalue weighted by molar-refractivity contribution is 0.167. The van der Waals surface area contributed by atoms with Gasteiger partial charge >= 0.3 is 0 Å². The van der Waals surface area contributed by atoms with Crippen LogP contribution in [0.25, 0.3) is 539 Å². The van der Waals surface area contributed by atoms with Crippen LogP contribution in [-0.2, 0) is 21.7 Å². The van der Waals surface area contributed by atoms with Crippen LogP contribution in [0, 0.1) is 0 Å². The van der Waals surface area contributed by atoms with Crippen LogP contribution in [-0.4, -0.2) is 0 Å². The lowest BCUT2D eigenvalue weighted by Gasteiger charge is -2.62. The van der Waals surface area contributed by atoms with Crippen LogP contribution in [0.2, 0.25) is 0 Å². The molecule has 0 radical (unpaired) electrons. The van der Waals surface area contributed by atoms with Crippen molar-refractivity contribution in [2.75, 3.05) is 0 Å². The Morgan fingerprint density at radius 1 is 0.0800 bits per heavy atom. The van der Waals surface area contributed by atoms with Gasteiger partial charge in [-0.2, -0.15) is 0 Å². The molecule has 8 atom stereocenters. The number of hydrogen-bond donors (Lipinski definition) is 0. The molecular formula is C150H36. The van der Waals surface area contributed by atoms with Crippen molar-refractivity contribution in [1.29, 1.82) is 0 Å². The predicted molar refractivity (Wildman–Crippen MR) is 625 cm³/mol. The van der Waals surface area contributed by atoms with E-state index < -0.39 is 0 Å². The molecule has 0 saturated carbocycles. The van der Waals surface area contributed by atoms with Gasteiger partial charge in [-0.15, -0.1) is 0 Å². The van der Waals surface area contributed by atoms with Gasteiger partial charge in [0.15, 0.2) is 0 Å². The number of rotatable bonds is 0. The zero-order valence-corrected chi connectivity index (χ0v) is 78.6. The third kappa shape index (κ3) is 3.29. The summed E-state index contributed by atoms with van der Waals surface area (Å²) >= 11 is 0. The van der Waals surface area contributed by atoms with E-state index in [-0.39, 0.29) is 21.7 Å². The van der Waals surface area contributed by atoms with Crippen molar-refractivity contribution in [3.05, 3.63) is 145 Å². The summed E-state index contributed by atoms with van der Waals surface area (Å²) in [5, 5.41) is 174. The Morgan fingerprint density at radius 2 is 0.173 bits per heavy atom. The lowest BCUT2D eigenvalue weighted by atomic mass is 9.40. The van der Waals surface area contributed by atoms with E-state index in [1.807, 2.05) is 177 Å². The third-order valence-corrected chi connectivity index (χ3v) is 59.1. The van der Waals surface area contributed by atoms with Crippen LogP contribution in [0.1, 0.15) is 193 Å². The van der Waals surface area contributed by atoms with Crippen molar-refractivity contribution in [2.24, 2.45) is 0 Å². The highest BCUT2D eigenvalue weighted by atomic mass is 14.8. The van der Waals surface area contributed by atoms with Crippen LogP contribution in [0.4, 0.5) is 0 Å². The van der Waals surface area contributed by atoms with E-state index in [0.717, 1.165) is 0 Å². The van der Waals surface area contributed by atoms with Crippen LogP contribution in [0.15, 0.2) is 78.0 Å². The average Bonchev–Trinajstić information content (AvgIpc) is 1.38. The van der Waals surface area contributed by atoms with E-state index in [1.165, 1.54) is 103 Å². The van der Waals surface area contributed by atoms with Crippen molar-refractivity contribution in [1.82, 2.24) is 0 Å². The normalized spacial score (nSPS) is 27.4. The van der Waals surface area contributed by atoms with Crippen molar-refractivity contribution in [3.8, 4) is 0 Å². The van der Waals surface area contributed by atoms with Gasteiger partial charge in [0, 0.05) is 45.3 Å². The van der Waals surface area contributed by atoms with E-state index in [0.29, 0.717) is 23.7 Å². The largest absolute Gasteiger partial charge is 0.0656 e. The molecule has 20 aliphatic rings. The van der Waals surface area contributed by atoms with Crippen LogP contribution < -0.4 is 0 Å². The predicted octanol–water partition coefficient (Wildman–Crippen LogP) is 40.2. The summed E-state index contributed by atoms with van der Waals surface area (Å²) < 4.78 is 0. The first-order valence-electron chi connectivity index (χ1n) is 58.5. The van der Waals surface area contributed by atoms with Gasteiger partial charge in [0.1, 0.15) is 0 Å². The number of benzene rings is 32. The molecule has 52 aromatic rings. The zero-order chi connectivity index (χ0) is 88.4. The molecule has 636 valence electrons. The molecule has 4 spiro atoms. The minimum Gasteiger partial charge on any atom is -0.0656 e. The van der Waals surface area contributed by atoms with Gasteiger partial charge in [-0.1, -0.05) is 78.0 Å². The second-order valence-corrected chi connectivity index (χ2v) is 59.2. The average molecular weight is 1840 g/mol. The molecule has 8 unspecified atom stereocenters. The number of hydrogen-bond acceptors (Lipinski definition) is 0. The molecule has 0 nitrogen and oxygen atoms in total. The van der Waals surface area contributed by atoms with Gasteiger partial charge in [0.2, 0.25) is 0 Å². The quantitative estimate of drug-likeness (QED) is 0.105. The Bertz CT molecular complexity index is 16500. The molecule has 0 heteroatoms. The monoisotopic (exact) mass is 1840 g/mol. The van der Waals surface area contributed by atoms with Crippen molar-refractivity contribution < 1.29 is 0 Å². The van der Waals surface area contributed by atoms with Gasteiger partial charge in [0.25, 0.3) is 0 Å². The van der Waals surface area contributed by atoms with E-state index in [4.69, 9.17) is 0 Å². The zero-order valence-electron chi connectivity index (χ0n) is 78.6. The van der Waals surface area contributed by atoms with Gasteiger partial charge in [-0.3, -0.25) is 0 Å². The van der Waals surface area contributed by atoms with E-state index in [1.54, 1.807) is 506 Å². The Balaban J connectivity index is 0.372. The highest BCUT2D eigenvalue weighted by Crippen LogP contribution is 2.96. The summed E-state index contributed by atoms with van der Waals surface area (Å²) in [6.45, 7) is 0. The van der Waals surface area contributed by atoms with Gasteiger partial charge < -0.3 is 0 Å². The van der Waals surface area contributed by atoms with Crippen molar-refractivity contribution in [2.45, 2.75) is 148 Å². The van der Waals surface area contributed by atoms with E-state index >= 15 is 0 Å². The summed E-state index contributed by atoms with van der Waals surface area (Å²) in [5.74, 6) is 1.38. The van der Waals surface area contributed by atoms with Crippen LogP contribution in [0.5, 0.6) is 0 Å². The first kappa shape index (κ1) is 57.2. The van der Waals surface area contributed by atoms with E-state index in [9.17, 15) is 0 Å². The molecule has 0 fully saturated rings. The van der Waals surface area contributed by atoms with Crippen molar-refractivity contribution in [3.63, 3.8) is 0 Å². The molecule has 0 saturated heterocycles. The van der Waals surface area contributed by atoms with Crippen LogP contribution in [0.3, 0.4) is 0 Å². The Morgan fingerprint density at radius 3 is 0.347 bits per heavy atom. The minimum atomic E-state index is -0.0997. The lowest BCUT2D eigenvalue weighted by Crippen LogP contribution is -2.57. The molecule has 150 heavy (non-hydrogen) atoms. The molecule has 0 heterocycles. The molecule has 72 rings (SSSR count). The van der Waals surface area contributed by atoms with Gasteiger partial charge in [0.05, 0.1) is 0 Å². The highest BCUT2D eigenvalue weighted by molar-refractivity contribution is 6.86. The molecule has 0 aliphatic heterocycles. The van der Waals surface area contributed by atoms with E-state index in [2.05, 4.69) is 0 Å². The molecule has 20 aliphatic carbocycles. The summed E-state index contributed by atoms with van der Waals surface area (Å²) in [6, 6.07) is 0. The third-order valence-electron chi connectivity index (χ3n) is 59.1. The summed E-state index contributed by atoms with van der Waals surface area (Å²) in [5.41, 5.74) is 49.1. The minimum absolute atomic E-state index is 0.0997. The standard InChI is InChI=1S/C150H36/c1-17-2-21-7-25-11-29-15-149-141-127-113-89-73-55-37-33-34-38-44(37)62-77(73)93-94-78(62)74-56(38)60-52-42(34)48-47-41(33)51-59(55)85(89)101-97-69(51)65(47)81-82-66(48)70(52)98-102-86(60)90(74)114-118(94)136(135(141)117(93)113)142-128(114)124(102)132-110(98)106(82)120-105(81)109(97)131(123(101)127)145(149)138(120)146(132)150(142,149)16-30(29)12-26(25)8-22(21)4-18(17)3-20-6-24-10-28-14-148-140-126-112-88-72-54-36-32-31-35-43(36)61-75-71-53(35)57-49-39(31)45-46-40(32)50-58(54)84(88)100-96-68(50)64(46)80-79-63(45)67(49)95-99-83(57)87(71)111-115-91(75)92(76(61)72)116(112)134(140)133(115)139-125(111)121(99)129-107(95)103(79)119-104(80)108(96)130(122(100)126)144(148)137(119)143(129)147(139,148)13-27(28)9-23(24)5-19(1)20/h139,141,144,146H,1-16H2. The smallest absolute Gasteiger partial charge is 0.0224 e. The fourth-order valence-corrected chi connectivity index (χ4v) is 58.7. The maximum absolute atomic E-state index is 1.95. The highest BCUT2D eigenvalue weighted by Gasteiger charge is 2.81. The Labute approximate surface area is 824 Å². The number of allylic oxidation sites excluding steroid dienone is 14. The maximum atomic E-state index is 1.95. The Hall–Kier alpha value is -16.4. The summed E-state index contributed by atoms with van der Waals surface area (Å²) in [7, 11) is 0. The fourth-order valence-electron chi connectivity index (χ4n) is 58.7. The summed E-state index contributed by atoms with van der Waals surface area (Å²) in [6.07, 6.45) is 19.8. The molecule has 0 aromatic heterocycles. The van der Waals surface area contributed by atoms with Gasteiger partial charge in [-0.25, -0.2) is 0 Å². The SMILES string of the molecule is C1C2=C(CC3=C1CC1=C(C3)CC3=C(C1)CC14c5c6c7c8c9c%10c%11c%12c(c%13c%14c%15c%16c(c%17c5c5c7c7c8c8c%18c9c%11c9c%11c%12c%13c%12c%15c%13c%15c%16c%16c%17c5c5c7c7c8c8c%18c9c9c%11c%12c%13c%11c%12c%15c%16c5c7c%12c8c9%11)C%141)C4(C3)C6%10)CC1=C(C2)CC2=C(C1)CC1=C(C2)CC23c4c5c6c7c8c9c%10c%11c(c%12c%13c%14c%15c(c%16c4c4c6c6c7c7c%17c8c%10c8c%10c%11c%12c%11c%14c%12c%14c%15c%15c%16c4c4c6c6c7c7c%17c8c8c%10c%11c%12c%10c%11c%14c%15c4c6c%11c7c8%10)C%132)C3(C1)C59. The molecule has 0 bridgehead atoms. The second-order valence-electron chi connectivity index (χ2n) is 59.2. The molecular weight excluding hydrogens is 1800 g/mol. The summed E-state index contributed by atoms with van der Waals surface area (Å²) in [4.78, 5) is 0. The van der Waals surface area contributed by atoms with Crippen LogP contribution >= 0.6 is 0 Å². The maximum Gasteiger partial charge on any atom is 0.0224 e. The Kier molecular flexibility index (Phi) is 5.12. The molecule has 0 amide bonds. The topological polar surface area (TPSA) is 0 Å².